The number of carbonyl (C=O) groups is 1. The van der Waals surface area contributed by atoms with Crippen molar-refractivity contribution in [2.45, 2.75) is 25.3 Å². The maximum Gasteiger partial charge on any atom is 0.224 e. The van der Waals surface area contributed by atoms with E-state index in [-0.39, 0.29) is 0 Å². The molecule has 0 bridgehead atoms. The number of hydrogen-bond acceptors (Lipinski definition) is 3. The van der Waals surface area contributed by atoms with E-state index in [0.717, 1.165) is 39.1 Å². The van der Waals surface area contributed by atoms with Gasteiger partial charge >= 0.3 is 0 Å². The number of carbonyl (C=O) groups excluding carboxylic acids is 1. The van der Waals surface area contributed by atoms with E-state index in [0.29, 0.717) is 24.9 Å². The van der Waals surface area contributed by atoms with Crippen molar-refractivity contribution in [2.75, 3.05) is 39.3 Å². The molecule has 1 unspecified atom stereocenters. The van der Waals surface area contributed by atoms with Gasteiger partial charge in [0, 0.05) is 38.6 Å². The molecule has 2 aliphatic heterocycles. The minimum atomic E-state index is 0.296. The van der Waals surface area contributed by atoms with Crippen molar-refractivity contribution in [3.05, 3.63) is 0 Å². The molecular weight excluding hydrogens is 214 g/mol. The topological polar surface area (TPSA) is 35.6 Å². The highest BCUT2D eigenvalue weighted by atomic mass is 16.2. The van der Waals surface area contributed by atoms with Gasteiger partial charge in [-0.05, 0) is 19.4 Å². The number of terminal acetylenes is 1. The smallest absolute Gasteiger partial charge is 0.224 e. The first-order valence-corrected chi connectivity index (χ1v) is 6.46. The number of piperazine rings is 1. The maximum atomic E-state index is 12.0. The summed E-state index contributed by atoms with van der Waals surface area (Å²) in [5.41, 5.74) is 0. The molecule has 0 aromatic rings. The molecule has 2 aliphatic rings. The molecule has 1 amide bonds. The first-order valence-electron chi connectivity index (χ1n) is 6.46. The number of rotatable bonds is 3. The van der Waals surface area contributed by atoms with Crippen LogP contribution in [-0.4, -0.2) is 61.0 Å². The Hall–Kier alpha value is -1.05. The monoisotopic (exact) mass is 235 g/mol. The van der Waals surface area contributed by atoms with Crippen molar-refractivity contribution in [3.63, 3.8) is 0 Å². The van der Waals surface area contributed by atoms with E-state index in [9.17, 15) is 4.79 Å². The maximum absolute atomic E-state index is 12.0. The normalized spacial score (nSPS) is 25.8. The Morgan fingerprint density at radius 2 is 2.12 bits per heavy atom. The van der Waals surface area contributed by atoms with Crippen LogP contribution in [0, 0.1) is 12.3 Å². The fourth-order valence-corrected chi connectivity index (χ4v) is 2.56. The average molecular weight is 235 g/mol. The van der Waals surface area contributed by atoms with Crippen LogP contribution in [0.2, 0.25) is 0 Å². The van der Waals surface area contributed by atoms with Gasteiger partial charge in [0.15, 0.2) is 0 Å². The molecule has 1 atom stereocenters. The van der Waals surface area contributed by atoms with E-state index in [4.69, 9.17) is 6.42 Å². The Balaban J connectivity index is 1.72. The van der Waals surface area contributed by atoms with Crippen molar-refractivity contribution in [2.24, 2.45) is 0 Å². The molecule has 0 aromatic heterocycles. The summed E-state index contributed by atoms with van der Waals surface area (Å²) in [5, 5.41) is 3.37. The molecule has 0 spiro atoms. The van der Waals surface area contributed by atoms with Gasteiger partial charge in [-0.15, -0.1) is 6.42 Å². The molecular formula is C13H21N3O. The molecule has 17 heavy (non-hydrogen) atoms. The highest BCUT2D eigenvalue weighted by Crippen LogP contribution is 2.11. The Bertz CT molecular complexity index is 296. The van der Waals surface area contributed by atoms with Gasteiger partial charge in [-0.2, -0.15) is 0 Å². The van der Waals surface area contributed by atoms with E-state index < -0.39 is 0 Å². The molecule has 0 radical (unpaired) electrons. The van der Waals surface area contributed by atoms with Gasteiger partial charge in [-0.25, -0.2) is 0 Å². The molecule has 0 aromatic carbocycles. The molecule has 2 saturated heterocycles. The summed E-state index contributed by atoms with van der Waals surface area (Å²) in [7, 11) is 0. The lowest BCUT2D eigenvalue weighted by atomic mass is 10.1. The molecule has 2 fully saturated rings. The number of nitrogens with one attached hydrogen (secondary N) is 1. The molecule has 94 valence electrons. The second-order valence-electron chi connectivity index (χ2n) is 4.86. The van der Waals surface area contributed by atoms with Gasteiger partial charge in [0.25, 0.3) is 0 Å². The highest BCUT2D eigenvalue weighted by Gasteiger charge is 2.24. The Morgan fingerprint density at radius 3 is 2.71 bits per heavy atom. The molecule has 2 heterocycles. The number of amides is 1. The van der Waals surface area contributed by atoms with Gasteiger partial charge in [0.1, 0.15) is 0 Å². The van der Waals surface area contributed by atoms with Crippen molar-refractivity contribution < 1.29 is 4.79 Å². The lowest BCUT2D eigenvalue weighted by Crippen LogP contribution is -2.49. The van der Waals surface area contributed by atoms with Gasteiger partial charge < -0.3 is 10.2 Å². The molecule has 2 rings (SSSR count). The van der Waals surface area contributed by atoms with Crippen molar-refractivity contribution in [1.29, 1.82) is 0 Å². The molecule has 0 aliphatic carbocycles. The summed E-state index contributed by atoms with van der Waals surface area (Å²) in [5.74, 6) is 2.95. The van der Waals surface area contributed by atoms with Crippen LogP contribution in [0.25, 0.3) is 0 Å². The molecule has 4 nitrogen and oxygen atoms in total. The zero-order valence-electron chi connectivity index (χ0n) is 10.3. The molecule has 0 saturated carbocycles. The van der Waals surface area contributed by atoms with Crippen LogP contribution in [0.15, 0.2) is 0 Å². The second kappa shape index (κ2) is 6.04. The van der Waals surface area contributed by atoms with E-state index in [1.165, 1.54) is 6.42 Å². The fraction of sp³-hybridized carbons (Fsp3) is 0.769. The summed E-state index contributed by atoms with van der Waals surface area (Å²) in [6.07, 6.45) is 8.29. The van der Waals surface area contributed by atoms with Crippen LogP contribution in [-0.2, 0) is 4.79 Å². The van der Waals surface area contributed by atoms with Crippen molar-refractivity contribution >= 4 is 5.91 Å². The minimum absolute atomic E-state index is 0.296. The van der Waals surface area contributed by atoms with Gasteiger partial charge in [-0.3, -0.25) is 9.69 Å². The van der Waals surface area contributed by atoms with Crippen molar-refractivity contribution in [1.82, 2.24) is 15.1 Å². The number of hydrogen-bond donors (Lipinski definition) is 1. The Kier molecular flexibility index (Phi) is 4.41. The zero-order valence-corrected chi connectivity index (χ0v) is 10.3. The van der Waals surface area contributed by atoms with Crippen LogP contribution in [0.4, 0.5) is 0 Å². The Labute approximate surface area is 103 Å². The summed E-state index contributed by atoms with van der Waals surface area (Å²) >= 11 is 0. The average Bonchev–Trinajstić information content (AvgIpc) is 2.83. The third kappa shape index (κ3) is 3.45. The number of nitrogens with zero attached hydrogens (tertiary/aromatic N) is 2. The SMILES string of the molecule is C#CCN1CCN(C(=O)CC2CCCN2)CC1. The first kappa shape index (κ1) is 12.4. The van der Waals surface area contributed by atoms with Gasteiger partial charge in [0.2, 0.25) is 5.91 Å². The summed E-state index contributed by atoms with van der Waals surface area (Å²) in [6, 6.07) is 0.409. The van der Waals surface area contributed by atoms with Crippen molar-refractivity contribution in [3.8, 4) is 12.3 Å². The van der Waals surface area contributed by atoms with Gasteiger partial charge in [-0.1, -0.05) is 5.92 Å². The summed E-state index contributed by atoms with van der Waals surface area (Å²) in [6.45, 7) is 5.24. The third-order valence-corrected chi connectivity index (χ3v) is 3.62. The summed E-state index contributed by atoms with van der Waals surface area (Å²) < 4.78 is 0. The zero-order chi connectivity index (χ0) is 12.1. The van der Waals surface area contributed by atoms with E-state index in [2.05, 4.69) is 16.1 Å². The van der Waals surface area contributed by atoms with Crippen LogP contribution < -0.4 is 5.32 Å². The van der Waals surface area contributed by atoms with E-state index >= 15 is 0 Å². The molecule has 4 heteroatoms. The third-order valence-electron chi connectivity index (χ3n) is 3.62. The predicted molar refractivity (Wildman–Crippen MR) is 67.5 cm³/mol. The largest absolute Gasteiger partial charge is 0.340 e. The summed E-state index contributed by atoms with van der Waals surface area (Å²) in [4.78, 5) is 16.2. The predicted octanol–water partition coefficient (Wildman–Crippen LogP) is -0.0941. The van der Waals surface area contributed by atoms with Crippen LogP contribution in [0.5, 0.6) is 0 Å². The second-order valence-corrected chi connectivity index (χ2v) is 4.86. The first-order chi connectivity index (χ1) is 8.29. The standard InChI is InChI=1S/C13H21N3O/c1-2-6-15-7-9-16(10-8-15)13(17)11-12-4-3-5-14-12/h1,12,14H,3-11H2. The minimum Gasteiger partial charge on any atom is -0.340 e. The molecule has 1 N–H and O–H groups in total. The van der Waals surface area contributed by atoms with Crippen LogP contribution in [0.1, 0.15) is 19.3 Å². The Morgan fingerprint density at radius 1 is 1.35 bits per heavy atom. The lowest BCUT2D eigenvalue weighted by Gasteiger charge is -2.34. The van der Waals surface area contributed by atoms with E-state index in [1.54, 1.807) is 0 Å². The quantitative estimate of drug-likeness (QED) is 0.694. The highest BCUT2D eigenvalue weighted by molar-refractivity contribution is 5.77. The van der Waals surface area contributed by atoms with Crippen LogP contribution >= 0.6 is 0 Å². The lowest BCUT2D eigenvalue weighted by molar-refractivity contribution is -0.133. The fourth-order valence-electron chi connectivity index (χ4n) is 2.56. The van der Waals surface area contributed by atoms with E-state index in [1.807, 2.05) is 4.90 Å². The van der Waals surface area contributed by atoms with Gasteiger partial charge in [0.05, 0.1) is 6.54 Å². The van der Waals surface area contributed by atoms with Crippen LogP contribution in [0.3, 0.4) is 0 Å².